The van der Waals surface area contributed by atoms with E-state index in [0.29, 0.717) is 5.56 Å². The van der Waals surface area contributed by atoms with Gasteiger partial charge in [-0.15, -0.1) is 11.8 Å². The topological polar surface area (TPSA) is 43.4 Å². The van der Waals surface area contributed by atoms with Gasteiger partial charge in [-0.2, -0.15) is 0 Å². The SMILES string of the molecule is CCOC(=O)C(=O)c1ccc(SCc2ccccc2)cc1. The number of benzene rings is 2. The highest BCUT2D eigenvalue weighted by atomic mass is 32.2. The molecule has 2 aromatic carbocycles. The summed E-state index contributed by atoms with van der Waals surface area (Å²) in [5.41, 5.74) is 1.60. The molecule has 0 aliphatic heterocycles. The fraction of sp³-hybridized carbons (Fsp3) is 0.176. The molecule has 0 atom stereocenters. The minimum absolute atomic E-state index is 0.204. The van der Waals surface area contributed by atoms with Crippen LogP contribution in [0.2, 0.25) is 0 Å². The number of Topliss-reactive ketones (excluding diaryl/α,β-unsaturated/α-hetero) is 1. The molecule has 0 saturated heterocycles. The first kappa shape index (κ1) is 15.3. The van der Waals surface area contributed by atoms with E-state index in [2.05, 4.69) is 12.1 Å². The van der Waals surface area contributed by atoms with Crippen LogP contribution in [-0.4, -0.2) is 18.4 Å². The second-order valence-corrected chi connectivity index (χ2v) is 5.40. The number of thioether (sulfide) groups is 1. The van der Waals surface area contributed by atoms with Gasteiger partial charge in [-0.05, 0) is 36.8 Å². The third kappa shape index (κ3) is 4.46. The first-order chi connectivity index (χ1) is 10.2. The summed E-state index contributed by atoms with van der Waals surface area (Å²) in [5, 5.41) is 0. The zero-order chi connectivity index (χ0) is 15.1. The summed E-state index contributed by atoms with van der Waals surface area (Å²) in [6, 6.07) is 17.2. The number of carbonyl (C=O) groups excluding carboxylic acids is 2. The van der Waals surface area contributed by atoms with Gasteiger partial charge in [0.05, 0.1) is 6.61 Å². The lowest BCUT2D eigenvalue weighted by molar-refractivity contribution is -0.137. The summed E-state index contributed by atoms with van der Waals surface area (Å²) in [6.45, 7) is 1.88. The van der Waals surface area contributed by atoms with Crippen LogP contribution < -0.4 is 0 Å². The Morgan fingerprint density at radius 2 is 1.67 bits per heavy atom. The van der Waals surface area contributed by atoms with Gasteiger partial charge < -0.3 is 4.74 Å². The first-order valence-electron chi connectivity index (χ1n) is 6.69. The minimum Gasteiger partial charge on any atom is -0.460 e. The van der Waals surface area contributed by atoms with Gasteiger partial charge in [0.25, 0.3) is 5.78 Å². The molecule has 2 aromatic rings. The maximum absolute atomic E-state index is 11.7. The second-order valence-electron chi connectivity index (χ2n) is 4.35. The van der Waals surface area contributed by atoms with Gasteiger partial charge in [0.1, 0.15) is 0 Å². The minimum atomic E-state index is -0.804. The summed E-state index contributed by atoms with van der Waals surface area (Å²) in [5.74, 6) is -0.537. The van der Waals surface area contributed by atoms with Crippen molar-refractivity contribution in [1.29, 1.82) is 0 Å². The molecule has 2 rings (SSSR count). The summed E-state index contributed by atoms with van der Waals surface area (Å²) >= 11 is 1.69. The number of carbonyl (C=O) groups is 2. The predicted molar refractivity (Wildman–Crippen MR) is 83.4 cm³/mol. The molecule has 0 N–H and O–H groups in total. The van der Waals surface area contributed by atoms with Crippen molar-refractivity contribution in [1.82, 2.24) is 0 Å². The van der Waals surface area contributed by atoms with E-state index in [1.165, 1.54) is 5.56 Å². The Labute approximate surface area is 128 Å². The van der Waals surface area contributed by atoms with Gasteiger partial charge in [0, 0.05) is 16.2 Å². The summed E-state index contributed by atoms with van der Waals surface area (Å²) in [7, 11) is 0. The van der Waals surface area contributed by atoms with Crippen molar-refractivity contribution in [2.24, 2.45) is 0 Å². The molecule has 0 aliphatic rings. The van der Waals surface area contributed by atoms with Crippen molar-refractivity contribution in [2.45, 2.75) is 17.6 Å². The Morgan fingerprint density at radius 1 is 1.00 bits per heavy atom. The Morgan fingerprint density at radius 3 is 2.29 bits per heavy atom. The predicted octanol–water partition coefficient (Wildman–Crippen LogP) is 3.72. The molecule has 0 spiro atoms. The molecule has 0 heterocycles. The number of ketones is 1. The standard InChI is InChI=1S/C17H16O3S/c1-2-20-17(19)16(18)14-8-10-15(11-9-14)21-12-13-6-4-3-5-7-13/h3-11H,2,12H2,1H3. The number of ether oxygens (including phenoxy) is 1. The Bertz CT molecular complexity index is 606. The third-order valence-electron chi connectivity index (χ3n) is 2.83. The van der Waals surface area contributed by atoms with Crippen LogP contribution >= 0.6 is 11.8 Å². The van der Waals surface area contributed by atoms with Gasteiger partial charge in [-0.3, -0.25) is 4.79 Å². The highest BCUT2D eigenvalue weighted by Gasteiger charge is 2.16. The van der Waals surface area contributed by atoms with E-state index in [0.717, 1.165) is 10.6 Å². The van der Waals surface area contributed by atoms with Crippen molar-refractivity contribution < 1.29 is 14.3 Å². The van der Waals surface area contributed by atoms with E-state index in [4.69, 9.17) is 4.74 Å². The van der Waals surface area contributed by atoms with E-state index in [-0.39, 0.29) is 6.61 Å². The van der Waals surface area contributed by atoms with E-state index in [1.807, 2.05) is 30.3 Å². The van der Waals surface area contributed by atoms with Crippen LogP contribution in [0.25, 0.3) is 0 Å². The monoisotopic (exact) mass is 300 g/mol. The molecule has 108 valence electrons. The quantitative estimate of drug-likeness (QED) is 0.353. The Hall–Kier alpha value is -2.07. The highest BCUT2D eigenvalue weighted by Crippen LogP contribution is 2.23. The van der Waals surface area contributed by atoms with Crippen LogP contribution in [0.4, 0.5) is 0 Å². The molecular weight excluding hydrogens is 284 g/mol. The van der Waals surface area contributed by atoms with Gasteiger partial charge in [-0.1, -0.05) is 30.3 Å². The maximum atomic E-state index is 11.7. The normalized spacial score (nSPS) is 10.1. The molecule has 0 aromatic heterocycles. The van der Waals surface area contributed by atoms with Crippen LogP contribution in [0.15, 0.2) is 59.5 Å². The zero-order valence-electron chi connectivity index (χ0n) is 11.7. The largest absolute Gasteiger partial charge is 0.460 e. The Kier molecular flexibility index (Phi) is 5.58. The van der Waals surface area contributed by atoms with Crippen molar-refractivity contribution in [3.05, 3.63) is 65.7 Å². The molecule has 0 fully saturated rings. The highest BCUT2D eigenvalue weighted by molar-refractivity contribution is 7.98. The summed E-state index contributed by atoms with van der Waals surface area (Å²) < 4.78 is 4.70. The van der Waals surface area contributed by atoms with Crippen LogP contribution in [0.3, 0.4) is 0 Å². The molecule has 4 heteroatoms. The molecule has 0 unspecified atom stereocenters. The summed E-state index contributed by atoms with van der Waals surface area (Å²) in [6.07, 6.45) is 0. The second kappa shape index (κ2) is 7.64. The number of hydrogen-bond donors (Lipinski definition) is 0. The van der Waals surface area contributed by atoms with Crippen molar-refractivity contribution in [3.63, 3.8) is 0 Å². The molecular formula is C17H16O3S. The first-order valence-corrected chi connectivity index (χ1v) is 7.67. The maximum Gasteiger partial charge on any atom is 0.379 e. The third-order valence-corrected chi connectivity index (χ3v) is 3.91. The van der Waals surface area contributed by atoms with Crippen LogP contribution in [-0.2, 0) is 15.3 Å². The van der Waals surface area contributed by atoms with E-state index in [1.54, 1.807) is 30.8 Å². The average molecular weight is 300 g/mol. The van der Waals surface area contributed by atoms with Crippen LogP contribution in [0.1, 0.15) is 22.8 Å². The molecule has 0 bridgehead atoms. The van der Waals surface area contributed by atoms with E-state index < -0.39 is 11.8 Å². The van der Waals surface area contributed by atoms with Gasteiger partial charge in [-0.25, -0.2) is 4.79 Å². The summed E-state index contributed by atoms with van der Waals surface area (Å²) in [4.78, 5) is 24.2. The smallest absolute Gasteiger partial charge is 0.379 e. The zero-order valence-corrected chi connectivity index (χ0v) is 12.6. The molecule has 0 amide bonds. The molecule has 0 radical (unpaired) electrons. The van der Waals surface area contributed by atoms with E-state index in [9.17, 15) is 9.59 Å². The van der Waals surface area contributed by atoms with Crippen molar-refractivity contribution in [3.8, 4) is 0 Å². The molecule has 0 saturated carbocycles. The Balaban J connectivity index is 1.96. The van der Waals surface area contributed by atoms with Crippen molar-refractivity contribution >= 4 is 23.5 Å². The fourth-order valence-electron chi connectivity index (χ4n) is 1.76. The van der Waals surface area contributed by atoms with Crippen LogP contribution in [0, 0.1) is 0 Å². The van der Waals surface area contributed by atoms with Crippen LogP contribution in [0.5, 0.6) is 0 Å². The molecule has 0 aliphatic carbocycles. The number of esters is 1. The number of rotatable bonds is 6. The molecule has 3 nitrogen and oxygen atoms in total. The van der Waals surface area contributed by atoms with Gasteiger partial charge >= 0.3 is 5.97 Å². The molecule has 21 heavy (non-hydrogen) atoms. The van der Waals surface area contributed by atoms with Crippen molar-refractivity contribution in [2.75, 3.05) is 6.61 Å². The lowest BCUT2D eigenvalue weighted by atomic mass is 10.1. The van der Waals surface area contributed by atoms with Gasteiger partial charge in [0.15, 0.2) is 0 Å². The van der Waals surface area contributed by atoms with Gasteiger partial charge in [0.2, 0.25) is 0 Å². The lowest BCUT2D eigenvalue weighted by Gasteiger charge is -2.04. The average Bonchev–Trinajstić information content (AvgIpc) is 2.54. The lowest BCUT2D eigenvalue weighted by Crippen LogP contribution is -2.17. The number of hydrogen-bond acceptors (Lipinski definition) is 4. The van der Waals surface area contributed by atoms with E-state index >= 15 is 0 Å². The fourth-order valence-corrected chi connectivity index (χ4v) is 2.61.